The Morgan fingerprint density at radius 2 is 1.91 bits per heavy atom. The molecule has 6 nitrogen and oxygen atoms in total. The molecule has 1 fully saturated rings. The molecule has 2 aromatic carbocycles. The molecule has 0 saturated carbocycles. The van der Waals surface area contributed by atoms with Crippen LogP contribution in [0.1, 0.15) is 19.4 Å². The number of ether oxygens (including phenoxy) is 1. The fourth-order valence-corrected chi connectivity index (χ4v) is 4.47. The van der Waals surface area contributed by atoms with Crippen molar-refractivity contribution < 1.29 is 14.1 Å². The van der Waals surface area contributed by atoms with Crippen molar-refractivity contribution >= 4 is 40.3 Å². The molecule has 0 amide bonds. The minimum Gasteiger partial charge on any atom is -0.497 e. The predicted octanol–water partition coefficient (Wildman–Crippen LogP) is 3.98. The monoisotopic (exact) mass is 477 g/mol. The summed E-state index contributed by atoms with van der Waals surface area (Å²) in [5.41, 5.74) is 2.77. The van der Waals surface area contributed by atoms with Crippen molar-refractivity contribution in [1.29, 1.82) is 0 Å². The summed E-state index contributed by atoms with van der Waals surface area (Å²) in [7, 11) is 1.65. The molecule has 1 aromatic heterocycles. The second-order valence-electron chi connectivity index (χ2n) is 8.83. The molecule has 2 heterocycles. The van der Waals surface area contributed by atoms with Crippen molar-refractivity contribution in [3.63, 3.8) is 0 Å². The highest BCUT2D eigenvalue weighted by molar-refractivity contribution is 6.42. The Morgan fingerprint density at radius 3 is 2.59 bits per heavy atom. The lowest BCUT2D eigenvalue weighted by Crippen LogP contribution is -3.16. The van der Waals surface area contributed by atoms with Crippen LogP contribution in [0.3, 0.4) is 0 Å². The quantitative estimate of drug-likeness (QED) is 0.513. The zero-order valence-corrected chi connectivity index (χ0v) is 20.3. The average molecular weight is 478 g/mol. The first kappa shape index (κ1) is 23.2. The van der Waals surface area contributed by atoms with Gasteiger partial charge in [0.05, 0.1) is 42.8 Å². The average Bonchev–Trinajstić information content (AvgIpc) is 3.18. The third kappa shape index (κ3) is 5.67. The molecule has 1 atom stereocenters. The summed E-state index contributed by atoms with van der Waals surface area (Å²) in [6.07, 6.45) is 0. The van der Waals surface area contributed by atoms with Crippen LogP contribution in [0.2, 0.25) is 10.0 Å². The van der Waals surface area contributed by atoms with Crippen molar-refractivity contribution in [3.05, 3.63) is 52.0 Å². The molecule has 1 saturated heterocycles. The largest absolute Gasteiger partial charge is 0.497 e. The maximum Gasteiger partial charge on any atom is 0.296 e. The van der Waals surface area contributed by atoms with E-state index < -0.39 is 0 Å². The summed E-state index contributed by atoms with van der Waals surface area (Å²) in [6.45, 7) is 10.7. The number of methoxy groups -OCH3 is 1. The third-order valence-electron chi connectivity index (χ3n) is 6.17. The summed E-state index contributed by atoms with van der Waals surface area (Å²) in [4.78, 5) is 8.68. The third-order valence-corrected chi connectivity index (χ3v) is 6.91. The summed E-state index contributed by atoms with van der Waals surface area (Å²) in [6, 6.07) is 12.4. The van der Waals surface area contributed by atoms with E-state index in [1.807, 2.05) is 30.3 Å². The molecule has 8 heteroatoms. The number of aromatic nitrogens is 1. The van der Waals surface area contributed by atoms with Crippen LogP contribution >= 0.6 is 23.2 Å². The fourth-order valence-electron chi connectivity index (χ4n) is 4.14. The maximum absolute atomic E-state index is 6.17. The molecule has 3 aromatic rings. The number of halogens is 2. The molecule has 0 spiro atoms. The highest BCUT2D eigenvalue weighted by Crippen LogP contribution is 2.25. The number of piperazine rings is 1. The normalized spacial score (nSPS) is 16.6. The van der Waals surface area contributed by atoms with Crippen molar-refractivity contribution in [2.75, 3.05) is 45.2 Å². The highest BCUT2D eigenvalue weighted by atomic mass is 35.5. The number of rotatable bonds is 8. The molecule has 0 bridgehead atoms. The number of nitrogens with zero attached hydrogens (tertiary/aromatic N) is 2. The number of hydrogen-bond donors (Lipinski definition) is 2. The molecule has 1 unspecified atom stereocenters. The second-order valence-corrected chi connectivity index (χ2v) is 9.64. The van der Waals surface area contributed by atoms with E-state index in [1.54, 1.807) is 12.0 Å². The Balaban J connectivity index is 1.32. The number of hydrogen-bond acceptors (Lipinski definition) is 5. The highest BCUT2D eigenvalue weighted by Gasteiger charge is 2.26. The Bertz CT molecular complexity index is 1050. The van der Waals surface area contributed by atoms with Crippen LogP contribution in [-0.2, 0) is 6.54 Å². The minimum atomic E-state index is 0.279. The summed E-state index contributed by atoms with van der Waals surface area (Å²) >= 11 is 12.2. The predicted molar refractivity (Wildman–Crippen MR) is 130 cm³/mol. The number of benzene rings is 2. The first-order valence-electron chi connectivity index (χ1n) is 11.1. The summed E-state index contributed by atoms with van der Waals surface area (Å²) in [5.74, 6) is 1.23. The van der Waals surface area contributed by atoms with Crippen molar-refractivity contribution in [2.24, 2.45) is 5.92 Å². The van der Waals surface area contributed by atoms with E-state index in [4.69, 9.17) is 32.4 Å². The van der Waals surface area contributed by atoms with Gasteiger partial charge in [0.1, 0.15) is 11.3 Å². The molecule has 1 aliphatic heterocycles. The zero-order valence-electron chi connectivity index (χ0n) is 18.8. The smallest absolute Gasteiger partial charge is 0.296 e. The van der Waals surface area contributed by atoms with E-state index in [0.29, 0.717) is 22.0 Å². The van der Waals surface area contributed by atoms with E-state index in [0.717, 1.165) is 56.1 Å². The van der Waals surface area contributed by atoms with E-state index >= 15 is 0 Å². The van der Waals surface area contributed by atoms with E-state index in [9.17, 15) is 0 Å². The first-order valence-corrected chi connectivity index (χ1v) is 11.9. The zero-order chi connectivity index (χ0) is 22.7. The number of quaternary nitrogens is 1. The van der Waals surface area contributed by atoms with Gasteiger partial charge in [-0.3, -0.25) is 4.90 Å². The summed E-state index contributed by atoms with van der Waals surface area (Å²) in [5, 5.41) is 4.76. The van der Waals surface area contributed by atoms with E-state index in [2.05, 4.69) is 35.1 Å². The summed E-state index contributed by atoms with van der Waals surface area (Å²) < 4.78 is 11.2. The Kier molecular flexibility index (Phi) is 7.46. The standard InChI is InChI=1S/C24H30Cl2N4O2/c1-16(2)22(28-24-27-21-7-5-18(31-3)13-23(21)32-24)15-30-10-8-29(9-11-30)14-17-4-6-19(25)20(26)12-17/h4-7,12-13,16,22H,8-11,14-15H2,1-3H3,(H,27,28)/p+1. The Morgan fingerprint density at radius 1 is 1.12 bits per heavy atom. The molecule has 0 aliphatic carbocycles. The second kappa shape index (κ2) is 10.3. The molecule has 1 aliphatic rings. The van der Waals surface area contributed by atoms with Crippen LogP contribution in [0.4, 0.5) is 6.01 Å². The first-order chi connectivity index (χ1) is 15.4. The number of fused-ring (bicyclic) bond motifs is 1. The van der Waals surface area contributed by atoms with Crippen LogP contribution in [-0.4, -0.2) is 55.8 Å². The van der Waals surface area contributed by atoms with Gasteiger partial charge in [-0.2, -0.15) is 4.98 Å². The van der Waals surface area contributed by atoms with Crippen LogP contribution in [0.5, 0.6) is 5.75 Å². The van der Waals surface area contributed by atoms with Gasteiger partial charge in [0.2, 0.25) is 0 Å². The number of oxazole rings is 1. The van der Waals surface area contributed by atoms with Gasteiger partial charge in [0.25, 0.3) is 6.01 Å². The topological polar surface area (TPSA) is 55.0 Å². The van der Waals surface area contributed by atoms with Crippen LogP contribution in [0, 0.1) is 5.92 Å². The van der Waals surface area contributed by atoms with Gasteiger partial charge >= 0.3 is 0 Å². The fraction of sp³-hybridized carbons (Fsp3) is 0.458. The van der Waals surface area contributed by atoms with Gasteiger partial charge in [-0.05, 0) is 35.7 Å². The minimum absolute atomic E-state index is 0.279. The lowest BCUT2D eigenvalue weighted by Gasteiger charge is -2.34. The van der Waals surface area contributed by atoms with Crippen LogP contribution in [0.25, 0.3) is 11.1 Å². The Hall–Kier alpha value is -1.99. The van der Waals surface area contributed by atoms with Crippen molar-refractivity contribution in [1.82, 2.24) is 9.88 Å². The van der Waals surface area contributed by atoms with Gasteiger partial charge in [-0.1, -0.05) is 43.1 Å². The van der Waals surface area contributed by atoms with Gasteiger partial charge in [0.15, 0.2) is 5.58 Å². The molecule has 2 N–H and O–H groups in total. The van der Waals surface area contributed by atoms with Crippen LogP contribution in [0.15, 0.2) is 40.8 Å². The molecule has 0 radical (unpaired) electrons. The van der Waals surface area contributed by atoms with Crippen molar-refractivity contribution in [2.45, 2.75) is 26.4 Å². The molecular formula is C24H31Cl2N4O2+. The van der Waals surface area contributed by atoms with E-state index in [-0.39, 0.29) is 6.04 Å². The van der Waals surface area contributed by atoms with E-state index in [1.165, 1.54) is 5.56 Å². The van der Waals surface area contributed by atoms with Gasteiger partial charge in [0, 0.05) is 25.7 Å². The Labute approximate surface area is 199 Å². The van der Waals surface area contributed by atoms with Crippen molar-refractivity contribution in [3.8, 4) is 5.75 Å². The molecule has 172 valence electrons. The molecule has 4 rings (SSSR count). The maximum atomic E-state index is 6.17. The van der Waals surface area contributed by atoms with Gasteiger partial charge in [-0.25, -0.2) is 0 Å². The number of anilines is 1. The molecular weight excluding hydrogens is 447 g/mol. The van der Waals surface area contributed by atoms with Gasteiger partial charge < -0.3 is 19.4 Å². The lowest BCUT2D eigenvalue weighted by atomic mass is 10.0. The SMILES string of the molecule is COc1ccc2nc(NC(C[NH+]3CCN(Cc4ccc(Cl)c(Cl)c4)CC3)C(C)C)oc2c1. The lowest BCUT2D eigenvalue weighted by molar-refractivity contribution is -0.905. The van der Waals surface area contributed by atoms with Crippen LogP contribution < -0.4 is 15.0 Å². The van der Waals surface area contributed by atoms with Gasteiger partial charge in [-0.15, -0.1) is 0 Å². The number of nitrogens with one attached hydrogen (secondary N) is 2. The molecule has 32 heavy (non-hydrogen) atoms.